The molecule has 8 N–H and O–H groups in total. The third kappa shape index (κ3) is 16.3. The molecule has 0 saturated carbocycles. The maximum atomic E-state index is 13.3. The molecule has 6 aromatic rings. The van der Waals surface area contributed by atoms with E-state index in [9.17, 15) is 24.0 Å². The van der Waals surface area contributed by atoms with E-state index in [0.717, 1.165) is 72.4 Å². The lowest BCUT2D eigenvalue weighted by Crippen LogP contribution is -2.24. The summed E-state index contributed by atoms with van der Waals surface area (Å²) < 4.78 is 3.48. The Morgan fingerprint density at radius 2 is 0.824 bits per heavy atom. The number of rotatable bonds is 28. The van der Waals surface area contributed by atoms with E-state index in [2.05, 4.69) is 41.9 Å². The zero-order valence-electron chi connectivity index (χ0n) is 37.8. The van der Waals surface area contributed by atoms with Gasteiger partial charge in [0, 0.05) is 59.6 Å². The zero-order valence-corrected chi connectivity index (χ0v) is 37.8. The van der Waals surface area contributed by atoms with Crippen LogP contribution in [0.4, 0.5) is 11.4 Å². The summed E-state index contributed by atoms with van der Waals surface area (Å²) >= 11 is 0. The number of benzene rings is 4. The van der Waals surface area contributed by atoms with Gasteiger partial charge in [-0.15, -0.1) is 10.2 Å². The minimum absolute atomic E-state index is 0.0830. The molecule has 2 heterocycles. The van der Waals surface area contributed by atoms with Gasteiger partial charge in [-0.3, -0.25) is 34.4 Å². The Hall–Kier alpha value is -7.77. The summed E-state index contributed by atoms with van der Waals surface area (Å²) in [4.78, 5) is 60.5. The van der Waals surface area contributed by atoms with Crippen molar-refractivity contribution in [3.8, 4) is 0 Å². The van der Waals surface area contributed by atoms with Gasteiger partial charge in [0.15, 0.2) is 5.78 Å². The molecule has 0 saturated heterocycles. The van der Waals surface area contributed by atoms with Crippen molar-refractivity contribution >= 4 is 40.8 Å². The third-order valence-corrected chi connectivity index (χ3v) is 11.0. The summed E-state index contributed by atoms with van der Waals surface area (Å²) in [6, 6.07) is 29.3. The minimum Gasteiger partial charge on any atom is -0.379 e. The molecule has 68 heavy (non-hydrogen) atoms. The van der Waals surface area contributed by atoms with Gasteiger partial charge in [-0.05, 0) is 85.3 Å². The lowest BCUT2D eigenvalue weighted by molar-refractivity contribution is -0.130. The van der Waals surface area contributed by atoms with Crippen LogP contribution in [0.2, 0.25) is 0 Å². The van der Waals surface area contributed by atoms with E-state index in [1.807, 2.05) is 85.2 Å². The van der Waals surface area contributed by atoms with Gasteiger partial charge in [-0.25, -0.2) is 20.3 Å². The van der Waals surface area contributed by atoms with Crippen molar-refractivity contribution in [2.24, 2.45) is 0 Å². The van der Waals surface area contributed by atoms with Crippen LogP contribution in [0.25, 0.3) is 0 Å². The van der Waals surface area contributed by atoms with Crippen LogP contribution in [0.1, 0.15) is 123 Å². The van der Waals surface area contributed by atoms with Crippen molar-refractivity contribution in [3.05, 3.63) is 154 Å². The minimum atomic E-state index is -0.388. The number of carbonyl (C=O) groups is 5. The summed E-state index contributed by atoms with van der Waals surface area (Å²) in [6.45, 7) is 2.94. The molecule has 19 heteroatoms. The van der Waals surface area contributed by atoms with E-state index < -0.39 is 0 Å². The van der Waals surface area contributed by atoms with Gasteiger partial charge in [-0.2, -0.15) is 0 Å². The van der Waals surface area contributed by atoms with Gasteiger partial charge in [0.25, 0.3) is 11.8 Å². The molecule has 6 rings (SSSR count). The van der Waals surface area contributed by atoms with E-state index >= 15 is 0 Å². The van der Waals surface area contributed by atoms with Crippen molar-refractivity contribution in [1.82, 2.24) is 51.6 Å². The molecule has 2 aromatic heterocycles. The van der Waals surface area contributed by atoms with Gasteiger partial charge in [0.05, 0.1) is 38.6 Å². The number of ketones is 1. The number of unbranched alkanes of at least 4 members (excludes halogenated alkanes) is 6. The average molecular weight is 927 g/mol. The fourth-order valence-corrected chi connectivity index (χ4v) is 7.17. The molecule has 0 spiro atoms. The number of nitrogens with one attached hydrogen (secondary N) is 6. The van der Waals surface area contributed by atoms with Crippen molar-refractivity contribution in [2.45, 2.75) is 90.4 Å². The molecule has 0 aliphatic heterocycles. The Kier molecular flexibility index (Phi) is 19.3. The first-order valence-electron chi connectivity index (χ1n) is 22.8. The molecule has 0 aliphatic rings. The monoisotopic (exact) mass is 926 g/mol. The Morgan fingerprint density at radius 3 is 1.21 bits per heavy atom. The van der Waals surface area contributed by atoms with Gasteiger partial charge >= 0.3 is 0 Å². The normalized spacial score (nSPS) is 10.9. The SMILES string of the molecule is O=C(CCCCCCNC(=O)c1ccc(NCc2cn(Cc3ccc(C(=O)c4ccc(Cn5cc(CNc6ccc(C(=O)NCCCCCCC(=O)NO)cc6)nn5)cc4)cc3)nn2)cc1)NO. The van der Waals surface area contributed by atoms with Gasteiger partial charge < -0.3 is 21.3 Å². The Labute approximate surface area is 394 Å². The predicted molar refractivity (Wildman–Crippen MR) is 253 cm³/mol. The number of nitrogens with zero attached hydrogens (tertiary/aromatic N) is 6. The standard InChI is InChI=1S/C49H58N12O7/c62-45(56-67)9-5-1-3-7-27-50-48(65)39-19-23-41(24-20-39)52-29-43-33-60(58-54-43)31-35-11-15-37(16-12-35)47(64)38-17-13-36(14-18-38)32-61-34-44(55-59-61)30-53-42-25-21-40(22-26-42)49(66)51-28-8-4-2-6-10-46(63)57-68/h11-26,33-34,52-53,67-68H,1-10,27-32H2,(H,50,65)(H,51,66)(H,56,62)(H,57,63). The number of anilines is 2. The van der Waals surface area contributed by atoms with Crippen molar-refractivity contribution in [1.29, 1.82) is 0 Å². The summed E-state index contributed by atoms with van der Waals surface area (Å²) in [6.07, 6.45) is 10.7. The molecule has 0 atom stereocenters. The first-order chi connectivity index (χ1) is 33.1. The predicted octanol–water partition coefficient (Wildman–Crippen LogP) is 5.79. The van der Waals surface area contributed by atoms with Crippen LogP contribution in [0, 0.1) is 0 Å². The largest absolute Gasteiger partial charge is 0.379 e. The van der Waals surface area contributed by atoms with Crippen LogP contribution in [-0.4, -0.2) is 82.9 Å². The van der Waals surface area contributed by atoms with Crippen LogP contribution >= 0.6 is 0 Å². The molecule has 0 radical (unpaired) electrons. The molecule has 356 valence electrons. The smallest absolute Gasteiger partial charge is 0.251 e. The lowest BCUT2D eigenvalue weighted by Gasteiger charge is -2.08. The van der Waals surface area contributed by atoms with Gasteiger partial charge in [-0.1, -0.05) is 84.6 Å². The Morgan fingerprint density at radius 1 is 0.456 bits per heavy atom. The number of hydrogen-bond acceptors (Lipinski definition) is 13. The zero-order chi connectivity index (χ0) is 47.9. The Balaban J connectivity index is 0.865. The van der Waals surface area contributed by atoms with E-state index in [0.29, 0.717) is 74.4 Å². The van der Waals surface area contributed by atoms with E-state index in [4.69, 9.17) is 10.4 Å². The molecule has 4 amide bonds. The fraction of sp³-hybridized carbons (Fsp3) is 0.327. The highest BCUT2D eigenvalue weighted by atomic mass is 16.5. The molecular formula is C49H58N12O7. The second-order valence-corrected chi connectivity index (χ2v) is 16.3. The summed E-state index contributed by atoms with van der Waals surface area (Å²) in [5.74, 6) is -1.15. The highest BCUT2D eigenvalue weighted by Crippen LogP contribution is 2.16. The van der Waals surface area contributed by atoms with Crippen LogP contribution in [0.5, 0.6) is 0 Å². The highest BCUT2D eigenvalue weighted by molar-refractivity contribution is 6.09. The molecule has 0 aliphatic carbocycles. The van der Waals surface area contributed by atoms with E-state index in [1.165, 1.54) is 0 Å². The molecule has 4 aromatic carbocycles. The van der Waals surface area contributed by atoms with Crippen LogP contribution < -0.4 is 32.2 Å². The third-order valence-electron chi connectivity index (χ3n) is 11.0. The van der Waals surface area contributed by atoms with Gasteiger partial charge in [0.2, 0.25) is 11.8 Å². The molecule has 19 nitrogen and oxygen atoms in total. The first-order valence-corrected chi connectivity index (χ1v) is 22.8. The summed E-state index contributed by atoms with van der Waals surface area (Å²) in [5, 5.41) is 46.6. The number of carbonyl (C=O) groups excluding carboxylic acids is 5. The maximum absolute atomic E-state index is 13.3. The second kappa shape index (κ2) is 26.4. The number of amides is 4. The Bertz CT molecular complexity index is 2370. The van der Waals surface area contributed by atoms with Crippen LogP contribution in [0.3, 0.4) is 0 Å². The quantitative estimate of drug-likeness (QED) is 0.0126. The average Bonchev–Trinajstić information content (AvgIpc) is 4.03. The second-order valence-electron chi connectivity index (χ2n) is 16.3. The van der Waals surface area contributed by atoms with Crippen LogP contribution in [0.15, 0.2) is 109 Å². The molecule has 0 unspecified atom stereocenters. The van der Waals surface area contributed by atoms with E-state index in [1.54, 1.807) is 44.6 Å². The topological polar surface area (TPSA) is 259 Å². The number of hydrogen-bond donors (Lipinski definition) is 8. The molecule has 0 fully saturated rings. The maximum Gasteiger partial charge on any atom is 0.251 e. The van der Waals surface area contributed by atoms with Crippen molar-refractivity contribution in [3.63, 3.8) is 0 Å². The highest BCUT2D eigenvalue weighted by Gasteiger charge is 2.12. The lowest BCUT2D eigenvalue weighted by atomic mass is 10.0. The van der Waals surface area contributed by atoms with E-state index in [-0.39, 0.29) is 42.3 Å². The first kappa shape index (κ1) is 49.7. The number of aromatic nitrogens is 6. The van der Waals surface area contributed by atoms with Crippen molar-refractivity contribution in [2.75, 3.05) is 23.7 Å². The molecule has 0 bridgehead atoms. The summed E-state index contributed by atoms with van der Waals surface area (Å²) in [7, 11) is 0. The van der Waals surface area contributed by atoms with Crippen molar-refractivity contribution < 1.29 is 34.4 Å². The molecular weight excluding hydrogens is 869 g/mol. The van der Waals surface area contributed by atoms with Gasteiger partial charge in [0.1, 0.15) is 11.4 Å². The summed E-state index contributed by atoms with van der Waals surface area (Å²) in [5.41, 5.74) is 10.6. The van der Waals surface area contributed by atoms with Crippen LogP contribution in [-0.2, 0) is 35.8 Å². The fourth-order valence-electron chi connectivity index (χ4n) is 7.17. The number of hydroxylamine groups is 2.